The van der Waals surface area contributed by atoms with Gasteiger partial charge in [-0.3, -0.25) is 48.3 Å². The van der Waals surface area contributed by atoms with Gasteiger partial charge in [0.25, 0.3) is 0 Å². The van der Waals surface area contributed by atoms with Crippen molar-refractivity contribution < 1.29 is 63.6 Å². The zero-order valence-corrected chi connectivity index (χ0v) is 39.6. The molecule has 0 aliphatic carbocycles. The minimum Gasteiger partial charge on any atom is -0.481 e. The lowest BCUT2D eigenvalue weighted by Crippen LogP contribution is -2.60. The van der Waals surface area contributed by atoms with Gasteiger partial charge in [0.05, 0.1) is 19.6 Å². The maximum absolute atomic E-state index is 13.9. The highest BCUT2D eigenvalue weighted by Gasteiger charge is 2.35. The fraction of sp³-hybridized carbons (Fsp3) is 0.718. The molecule has 388 valence electrons. The van der Waals surface area contributed by atoms with Gasteiger partial charge in [0, 0.05) is 13.1 Å². The molecule has 68 heavy (non-hydrogen) atoms. The number of aliphatic hydroxyl groups excluding tert-OH is 2. The Labute approximate surface area is 398 Å². The highest BCUT2D eigenvalue weighted by molar-refractivity contribution is 7.98. The van der Waals surface area contributed by atoms with E-state index in [1.165, 1.54) is 11.8 Å². The van der Waals surface area contributed by atoms with Crippen molar-refractivity contribution in [1.82, 2.24) is 37.2 Å². The summed E-state index contributed by atoms with van der Waals surface area (Å²) in [5.41, 5.74) is 32.6. The van der Waals surface area contributed by atoms with E-state index in [2.05, 4.69) is 47.2 Å². The van der Waals surface area contributed by atoms with Gasteiger partial charge in [-0.15, -0.1) is 0 Å². The van der Waals surface area contributed by atoms with Crippen LogP contribution in [0.25, 0.3) is 0 Å². The zero-order valence-electron chi connectivity index (χ0n) is 38.7. The molecule has 0 saturated carbocycles. The van der Waals surface area contributed by atoms with Crippen LogP contribution >= 0.6 is 11.8 Å². The van der Waals surface area contributed by atoms with Gasteiger partial charge in [-0.2, -0.15) is 11.8 Å². The van der Waals surface area contributed by atoms with Gasteiger partial charge in [0.1, 0.15) is 48.3 Å². The molecule has 0 aromatic carbocycles. The van der Waals surface area contributed by atoms with Crippen LogP contribution in [-0.4, -0.2) is 179 Å². The third-order valence-corrected chi connectivity index (χ3v) is 10.3. The third kappa shape index (κ3) is 26.3. The molecule has 0 unspecified atom stereocenters. The highest BCUT2D eigenvalue weighted by atomic mass is 32.2. The SMILES string of the molecule is CSCC[C@H](NC(=O)[C@H](CCCN=C(N)N)NC(=O)[C@H](CO)NC(=O)[C@@H](N)CO)C(=O)N[C@@H](CC(=O)O)C(=O)N[C@@H](CC(C)C)C(=O)N[C@@H](CCCCN)C(=O)N[C@@H](CCCN=C(N)N)C(=O)O. The van der Waals surface area contributed by atoms with Gasteiger partial charge in [-0.1, -0.05) is 13.8 Å². The summed E-state index contributed by atoms with van der Waals surface area (Å²) in [4.78, 5) is 126. The highest BCUT2D eigenvalue weighted by Crippen LogP contribution is 2.11. The third-order valence-electron chi connectivity index (χ3n) is 9.66. The van der Waals surface area contributed by atoms with Crippen molar-refractivity contribution in [1.29, 1.82) is 0 Å². The molecule has 0 saturated heterocycles. The fourth-order valence-electron chi connectivity index (χ4n) is 6.08. The monoisotopic (exact) mass is 992 g/mol. The lowest BCUT2D eigenvalue weighted by molar-refractivity contribution is -0.142. The molecule has 0 aliphatic rings. The summed E-state index contributed by atoms with van der Waals surface area (Å²) in [6, 6.07) is -11.9. The van der Waals surface area contributed by atoms with Crippen LogP contribution in [0.1, 0.15) is 78.1 Å². The standard InChI is InChI=1S/C39H73N15O13S/c1-20(2)16-26(34(63)48-22(8-4-5-12-40)32(61)51-25(37(66)67)10-7-14-47-39(44)45)52-35(64)27(17-29(57)58)53-33(62)24(11-15-68-3)50-31(60)23(9-6-13-46-38(42)43)49-36(65)28(19-56)54-30(59)21(41)18-55/h20-28,55-56H,4-19,40-41H2,1-3H3,(H,48,63)(H,49,65)(H,50,60)(H,51,61)(H,52,64)(H,53,62)(H,54,59)(H,57,58)(H,66,67)(H4,42,43,46)(H4,44,45,47)/t21-,22-,23-,24-,25-,26-,27-,28-/m0/s1. The van der Waals surface area contributed by atoms with Crippen LogP contribution in [0.3, 0.4) is 0 Å². The van der Waals surface area contributed by atoms with E-state index in [0.717, 1.165) is 0 Å². The Hall–Kier alpha value is -6.04. The molecule has 0 spiro atoms. The Kier molecular flexibility index (Phi) is 31.2. The number of hydrogen-bond donors (Lipinski definition) is 17. The smallest absolute Gasteiger partial charge is 0.326 e. The van der Waals surface area contributed by atoms with Gasteiger partial charge < -0.3 is 92.0 Å². The van der Waals surface area contributed by atoms with E-state index in [1.54, 1.807) is 20.1 Å². The predicted octanol–water partition coefficient (Wildman–Crippen LogP) is -6.71. The number of carboxylic acid groups (broad SMARTS) is 2. The van der Waals surface area contributed by atoms with Crippen LogP contribution in [0.4, 0.5) is 0 Å². The number of thioether (sulfide) groups is 1. The van der Waals surface area contributed by atoms with Crippen LogP contribution in [0.2, 0.25) is 0 Å². The van der Waals surface area contributed by atoms with Gasteiger partial charge in [-0.25, -0.2) is 4.79 Å². The maximum Gasteiger partial charge on any atom is 0.326 e. The summed E-state index contributed by atoms with van der Waals surface area (Å²) < 4.78 is 0. The number of hydrogen-bond acceptors (Lipinski definition) is 16. The first-order chi connectivity index (χ1) is 32.0. The molecule has 23 N–H and O–H groups in total. The second-order valence-corrected chi connectivity index (χ2v) is 16.9. The van der Waals surface area contributed by atoms with Gasteiger partial charge >= 0.3 is 11.9 Å². The molecule has 0 aromatic rings. The largest absolute Gasteiger partial charge is 0.481 e. The number of rotatable bonds is 36. The van der Waals surface area contributed by atoms with Crippen LogP contribution in [-0.2, 0) is 43.2 Å². The second kappa shape index (κ2) is 34.3. The minimum atomic E-state index is -1.83. The lowest BCUT2D eigenvalue weighted by atomic mass is 10.0. The van der Waals surface area contributed by atoms with Crippen molar-refractivity contribution in [2.24, 2.45) is 50.3 Å². The molecule has 7 amide bonds. The number of unbranched alkanes of at least 4 members (excludes halogenated alkanes) is 1. The number of nitrogens with zero attached hydrogens (tertiary/aromatic N) is 2. The normalized spacial score (nSPS) is 14.5. The summed E-state index contributed by atoms with van der Waals surface area (Å²) in [6.07, 6.45) is 1.49. The summed E-state index contributed by atoms with van der Waals surface area (Å²) in [6.45, 7) is 2.07. The first kappa shape index (κ1) is 62.0. The van der Waals surface area contributed by atoms with E-state index in [1.807, 2.05) is 0 Å². The number of aliphatic imine (C=N–C) groups is 2. The number of nitrogens with two attached hydrogens (primary N) is 6. The molecular weight excluding hydrogens is 919 g/mol. The quantitative estimate of drug-likeness (QED) is 0.0158. The van der Waals surface area contributed by atoms with Crippen LogP contribution in [0.5, 0.6) is 0 Å². The number of aliphatic hydroxyl groups is 2. The molecule has 29 heteroatoms. The van der Waals surface area contributed by atoms with E-state index in [0.29, 0.717) is 12.8 Å². The van der Waals surface area contributed by atoms with Gasteiger partial charge in [0.15, 0.2) is 11.9 Å². The van der Waals surface area contributed by atoms with Crippen molar-refractivity contribution in [2.75, 3.05) is 44.9 Å². The van der Waals surface area contributed by atoms with Crippen molar-refractivity contribution in [3.63, 3.8) is 0 Å². The van der Waals surface area contributed by atoms with Crippen molar-refractivity contribution >= 4 is 77.0 Å². The molecule has 28 nitrogen and oxygen atoms in total. The topological polar surface area (TPSA) is 500 Å². The average Bonchev–Trinajstić information content (AvgIpc) is 3.26. The van der Waals surface area contributed by atoms with E-state index in [-0.39, 0.29) is 88.2 Å². The Morgan fingerprint density at radius 3 is 1.35 bits per heavy atom. The fourth-order valence-corrected chi connectivity index (χ4v) is 6.55. The number of nitrogens with one attached hydrogen (secondary N) is 7. The van der Waals surface area contributed by atoms with Crippen LogP contribution in [0.15, 0.2) is 9.98 Å². The van der Waals surface area contributed by atoms with Gasteiger partial charge in [0.2, 0.25) is 41.4 Å². The Balaban J connectivity index is 6.56. The molecule has 8 atom stereocenters. The summed E-state index contributed by atoms with van der Waals surface area (Å²) in [5.74, 6) is -10.2. The number of aliphatic carboxylic acids is 2. The lowest BCUT2D eigenvalue weighted by Gasteiger charge is -2.28. The van der Waals surface area contributed by atoms with Crippen molar-refractivity contribution in [2.45, 2.75) is 126 Å². The van der Waals surface area contributed by atoms with E-state index in [9.17, 15) is 63.6 Å². The minimum absolute atomic E-state index is 0.00180. The second-order valence-electron chi connectivity index (χ2n) is 15.9. The number of amides is 7. The molecular formula is C39H73N15O13S. The number of carbonyl (C=O) groups excluding carboxylic acids is 7. The molecule has 0 bridgehead atoms. The van der Waals surface area contributed by atoms with E-state index >= 15 is 0 Å². The molecule has 0 fully saturated rings. The van der Waals surface area contributed by atoms with Crippen molar-refractivity contribution in [3.8, 4) is 0 Å². The number of carboxylic acids is 2. The Bertz CT molecular complexity index is 1720. The molecule has 0 rings (SSSR count). The molecule has 0 radical (unpaired) electrons. The average molecular weight is 992 g/mol. The van der Waals surface area contributed by atoms with Crippen LogP contribution < -0.4 is 71.6 Å². The summed E-state index contributed by atoms with van der Waals surface area (Å²) in [7, 11) is 0. The summed E-state index contributed by atoms with van der Waals surface area (Å²) >= 11 is 1.28. The molecule has 0 aromatic heterocycles. The number of carbonyl (C=O) groups is 9. The summed E-state index contributed by atoms with van der Waals surface area (Å²) in [5, 5.41) is 55.4. The van der Waals surface area contributed by atoms with Crippen molar-refractivity contribution in [3.05, 3.63) is 0 Å². The van der Waals surface area contributed by atoms with Crippen LogP contribution in [0, 0.1) is 5.92 Å². The maximum atomic E-state index is 13.9. The molecule has 0 aliphatic heterocycles. The zero-order chi connectivity index (χ0) is 51.9. The van der Waals surface area contributed by atoms with Gasteiger partial charge in [-0.05, 0) is 82.3 Å². The predicted molar refractivity (Wildman–Crippen MR) is 251 cm³/mol. The Morgan fingerprint density at radius 1 is 0.529 bits per heavy atom. The molecule has 0 heterocycles. The van der Waals surface area contributed by atoms with E-state index in [4.69, 9.17) is 34.4 Å². The first-order valence-electron chi connectivity index (χ1n) is 21.9. The Morgan fingerprint density at radius 2 is 0.926 bits per heavy atom. The van der Waals surface area contributed by atoms with E-state index < -0.39 is 121 Å². The first-order valence-corrected chi connectivity index (χ1v) is 23.2. The number of guanidine groups is 2.